The molecule has 1 aliphatic heterocycles. The first-order valence-corrected chi connectivity index (χ1v) is 7.06. The summed E-state index contributed by atoms with van der Waals surface area (Å²) in [5.74, 6) is -0.111. The second kappa shape index (κ2) is 6.19. The highest BCUT2D eigenvalue weighted by Crippen LogP contribution is 2.30. The Hall–Kier alpha value is -1.36. The van der Waals surface area contributed by atoms with Crippen molar-refractivity contribution in [2.75, 3.05) is 18.6 Å². The van der Waals surface area contributed by atoms with Crippen LogP contribution in [0.2, 0.25) is 0 Å². The molecule has 0 N–H and O–H groups in total. The first kappa shape index (κ1) is 14.1. The van der Waals surface area contributed by atoms with Crippen LogP contribution in [0.5, 0.6) is 0 Å². The van der Waals surface area contributed by atoms with Crippen molar-refractivity contribution in [2.24, 2.45) is 0 Å². The Morgan fingerprint density at radius 2 is 2.21 bits per heavy atom. The van der Waals surface area contributed by atoms with E-state index in [0.717, 1.165) is 16.6 Å². The number of halogens is 1. The summed E-state index contributed by atoms with van der Waals surface area (Å²) < 4.78 is 5.63. The SMILES string of the molecule is COC(=O)CCCN1C(=O)CCc2cc(Br)ccc21. The first-order valence-electron chi connectivity index (χ1n) is 6.27. The van der Waals surface area contributed by atoms with Crippen molar-refractivity contribution in [3.05, 3.63) is 28.2 Å². The van der Waals surface area contributed by atoms with E-state index in [1.54, 1.807) is 4.90 Å². The predicted molar refractivity (Wildman–Crippen MR) is 76.1 cm³/mol. The fourth-order valence-corrected chi connectivity index (χ4v) is 2.67. The molecule has 102 valence electrons. The average Bonchev–Trinajstić information content (AvgIpc) is 2.41. The maximum atomic E-state index is 12.0. The lowest BCUT2D eigenvalue weighted by Gasteiger charge is -2.29. The zero-order valence-electron chi connectivity index (χ0n) is 10.8. The van der Waals surface area contributed by atoms with E-state index in [-0.39, 0.29) is 11.9 Å². The van der Waals surface area contributed by atoms with Crippen molar-refractivity contribution >= 4 is 33.5 Å². The van der Waals surface area contributed by atoms with Crippen molar-refractivity contribution < 1.29 is 14.3 Å². The van der Waals surface area contributed by atoms with Crippen LogP contribution in [0.15, 0.2) is 22.7 Å². The van der Waals surface area contributed by atoms with Gasteiger partial charge in [-0.3, -0.25) is 9.59 Å². The second-order valence-corrected chi connectivity index (χ2v) is 5.41. The smallest absolute Gasteiger partial charge is 0.305 e. The molecule has 0 atom stereocenters. The van der Waals surface area contributed by atoms with Gasteiger partial charge in [0.25, 0.3) is 0 Å². The monoisotopic (exact) mass is 325 g/mol. The number of benzene rings is 1. The summed E-state index contributed by atoms with van der Waals surface area (Å²) >= 11 is 3.44. The van der Waals surface area contributed by atoms with Crippen molar-refractivity contribution in [1.29, 1.82) is 0 Å². The quantitative estimate of drug-likeness (QED) is 0.799. The number of esters is 1. The molecule has 1 aromatic carbocycles. The number of hydrogen-bond donors (Lipinski definition) is 0. The third-order valence-electron chi connectivity index (χ3n) is 3.23. The molecule has 4 nitrogen and oxygen atoms in total. The summed E-state index contributed by atoms with van der Waals surface area (Å²) in [5, 5.41) is 0. The fourth-order valence-electron chi connectivity index (χ4n) is 2.26. The van der Waals surface area contributed by atoms with Crippen LogP contribution >= 0.6 is 15.9 Å². The Bertz CT molecular complexity index is 501. The van der Waals surface area contributed by atoms with Gasteiger partial charge in [-0.25, -0.2) is 0 Å². The minimum absolute atomic E-state index is 0.125. The molecule has 0 bridgehead atoms. The normalized spacial score (nSPS) is 14.2. The number of anilines is 1. The third-order valence-corrected chi connectivity index (χ3v) is 3.73. The van der Waals surface area contributed by atoms with Crippen LogP contribution in [-0.4, -0.2) is 25.5 Å². The molecule has 1 heterocycles. The van der Waals surface area contributed by atoms with E-state index in [4.69, 9.17) is 0 Å². The number of carbonyl (C=O) groups excluding carboxylic acids is 2. The molecule has 0 saturated heterocycles. The zero-order valence-corrected chi connectivity index (χ0v) is 12.4. The molecule has 19 heavy (non-hydrogen) atoms. The van der Waals surface area contributed by atoms with E-state index in [2.05, 4.69) is 26.7 Å². The van der Waals surface area contributed by atoms with Gasteiger partial charge >= 0.3 is 5.97 Å². The van der Waals surface area contributed by atoms with Crippen LogP contribution in [0, 0.1) is 0 Å². The van der Waals surface area contributed by atoms with Crippen molar-refractivity contribution in [1.82, 2.24) is 0 Å². The number of fused-ring (bicyclic) bond motifs is 1. The number of aryl methyl sites for hydroxylation is 1. The standard InChI is InChI=1S/C14H16BrNO3/c1-19-14(18)3-2-8-16-12-6-5-11(15)9-10(12)4-7-13(16)17/h5-6,9H,2-4,7-8H2,1H3. The molecule has 0 radical (unpaired) electrons. The number of amides is 1. The first-order chi connectivity index (χ1) is 9.11. The van der Waals surface area contributed by atoms with Gasteiger partial charge in [-0.2, -0.15) is 0 Å². The molecule has 0 unspecified atom stereocenters. The lowest BCUT2D eigenvalue weighted by Crippen LogP contribution is -2.36. The molecular weight excluding hydrogens is 310 g/mol. The van der Waals surface area contributed by atoms with Gasteiger partial charge in [-0.05, 0) is 36.6 Å². The maximum absolute atomic E-state index is 12.0. The van der Waals surface area contributed by atoms with E-state index in [9.17, 15) is 9.59 Å². The number of carbonyl (C=O) groups is 2. The molecular formula is C14H16BrNO3. The minimum Gasteiger partial charge on any atom is -0.469 e. The Kier molecular flexibility index (Phi) is 4.58. The summed E-state index contributed by atoms with van der Waals surface area (Å²) in [6.07, 6.45) is 2.27. The third kappa shape index (κ3) is 3.35. The molecule has 0 aromatic heterocycles. The zero-order chi connectivity index (χ0) is 13.8. The predicted octanol–water partition coefficient (Wildman–Crippen LogP) is 2.68. The Labute approximate surface area is 120 Å². The van der Waals surface area contributed by atoms with E-state index in [0.29, 0.717) is 25.8 Å². The summed E-state index contributed by atoms with van der Waals surface area (Å²) in [5.41, 5.74) is 2.14. The molecule has 0 spiro atoms. The van der Waals surface area contributed by atoms with Crippen LogP contribution in [0.25, 0.3) is 0 Å². The van der Waals surface area contributed by atoms with Gasteiger partial charge < -0.3 is 9.64 Å². The van der Waals surface area contributed by atoms with Gasteiger partial charge in [0.1, 0.15) is 0 Å². The van der Waals surface area contributed by atoms with Crippen LogP contribution in [0.3, 0.4) is 0 Å². The van der Waals surface area contributed by atoms with Gasteiger partial charge in [0.15, 0.2) is 0 Å². The van der Waals surface area contributed by atoms with Gasteiger partial charge in [-0.15, -0.1) is 0 Å². The van der Waals surface area contributed by atoms with Crippen LogP contribution in [0.4, 0.5) is 5.69 Å². The number of nitrogens with zero attached hydrogens (tertiary/aromatic N) is 1. The topological polar surface area (TPSA) is 46.6 Å². The average molecular weight is 326 g/mol. The van der Waals surface area contributed by atoms with Gasteiger partial charge in [0, 0.05) is 29.5 Å². The van der Waals surface area contributed by atoms with E-state index in [1.807, 2.05) is 12.1 Å². The Balaban J connectivity index is 2.08. The number of ether oxygens (including phenoxy) is 1. The van der Waals surface area contributed by atoms with E-state index in [1.165, 1.54) is 12.7 Å². The molecule has 2 rings (SSSR count). The number of rotatable bonds is 4. The van der Waals surface area contributed by atoms with Crippen molar-refractivity contribution in [3.8, 4) is 0 Å². The molecule has 1 aliphatic rings. The van der Waals surface area contributed by atoms with Crippen LogP contribution in [0.1, 0.15) is 24.8 Å². The lowest BCUT2D eigenvalue weighted by atomic mass is 10.0. The largest absolute Gasteiger partial charge is 0.469 e. The summed E-state index contributed by atoms with van der Waals surface area (Å²) in [7, 11) is 1.38. The van der Waals surface area contributed by atoms with Crippen molar-refractivity contribution in [2.45, 2.75) is 25.7 Å². The van der Waals surface area contributed by atoms with Crippen LogP contribution in [-0.2, 0) is 20.7 Å². The highest BCUT2D eigenvalue weighted by atomic mass is 79.9. The number of hydrogen-bond acceptors (Lipinski definition) is 3. The van der Waals surface area contributed by atoms with E-state index >= 15 is 0 Å². The van der Waals surface area contributed by atoms with Gasteiger partial charge in [-0.1, -0.05) is 15.9 Å². The Morgan fingerprint density at radius 3 is 2.95 bits per heavy atom. The summed E-state index contributed by atoms with van der Waals surface area (Å²) in [6, 6.07) is 5.94. The number of methoxy groups -OCH3 is 1. The Morgan fingerprint density at radius 1 is 1.42 bits per heavy atom. The highest BCUT2D eigenvalue weighted by molar-refractivity contribution is 9.10. The maximum Gasteiger partial charge on any atom is 0.305 e. The minimum atomic E-state index is -0.236. The molecule has 0 aliphatic carbocycles. The fraction of sp³-hybridized carbons (Fsp3) is 0.429. The van der Waals surface area contributed by atoms with Gasteiger partial charge in [0.05, 0.1) is 7.11 Å². The highest BCUT2D eigenvalue weighted by Gasteiger charge is 2.23. The second-order valence-electron chi connectivity index (χ2n) is 4.50. The van der Waals surface area contributed by atoms with Crippen molar-refractivity contribution in [3.63, 3.8) is 0 Å². The molecule has 5 heteroatoms. The van der Waals surface area contributed by atoms with E-state index < -0.39 is 0 Å². The summed E-state index contributed by atoms with van der Waals surface area (Å²) in [6.45, 7) is 0.558. The molecule has 1 aromatic rings. The van der Waals surface area contributed by atoms with Crippen LogP contribution < -0.4 is 4.90 Å². The summed E-state index contributed by atoms with van der Waals surface area (Å²) in [4.78, 5) is 24.9. The van der Waals surface area contributed by atoms with Gasteiger partial charge in [0.2, 0.25) is 5.91 Å². The molecule has 0 fully saturated rings. The lowest BCUT2D eigenvalue weighted by molar-refractivity contribution is -0.140. The molecule has 0 saturated carbocycles. The molecule has 1 amide bonds.